The molecule has 1 unspecified atom stereocenters. The molecule has 0 aliphatic heterocycles. The lowest BCUT2D eigenvalue weighted by atomic mass is 10.1. The molecule has 1 atom stereocenters. The maximum Gasteiger partial charge on any atom is 0.254 e. The van der Waals surface area contributed by atoms with Gasteiger partial charge < -0.3 is 11.1 Å². The quantitative estimate of drug-likeness (QED) is 0.838. The van der Waals surface area contributed by atoms with Crippen LogP contribution in [0.3, 0.4) is 0 Å². The number of pyridine rings is 1. The Morgan fingerprint density at radius 2 is 2.35 bits per heavy atom. The van der Waals surface area contributed by atoms with E-state index in [1.165, 1.54) is 12.3 Å². The van der Waals surface area contributed by atoms with Crippen molar-refractivity contribution < 1.29 is 9.18 Å². The van der Waals surface area contributed by atoms with Gasteiger partial charge in [-0.15, -0.1) is 0 Å². The number of nitrogens with one attached hydrogen (secondary N) is 1. The number of hydrogen-bond acceptors (Lipinski definition) is 3. The lowest BCUT2D eigenvalue weighted by Crippen LogP contribution is -2.27. The van der Waals surface area contributed by atoms with Crippen molar-refractivity contribution >= 4 is 11.7 Å². The summed E-state index contributed by atoms with van der Waals surface area (Å²) in [6, 6.07) is 1.33. The Morgan fingerprint density at radius 1 is 1.71 bits per heavy atom. The summed E-state index contributed by atoms with van der Waals surface area (Å²) < 4.78 is 13.5. The predicted octanol–water partition coefficient (Wildman–Crippen LogP) is 1.58. The van der Waals surface area contributed by atoms with E-state index in [0.29, 0.717) is 17.9 Å². The van der Waals surface area contributed by atoms with E-state index in [-0.39, 0.29) is 11.4 Å². The molecular formula is C12H16FN3O. The summed E-state index contributed by atoms with van der Waals surface area (Å²) in [6.45, 7) is 4.87. The third-order valence-electron chi connectivity index (χ3n) is 3.39. The molecule has 0 aromatic carbocycles. The molecular weight excluding hydrogens is 221 g/mol. The number of rotatable bonds is 3. The van der Waals surface area contributed by atoms with Crippen LogP contribution in [0, 0.1) is 17.2 Å². The van der Waals surface area contributed by atoms with Crippen LogP contribution in [0.25, 0.3) is 0 Å². The number of carbonyl (C=O) groups is 1. The van der Waals surface area contributed by atoms with Gasteiger partial charge in [0.05, 0.1) is 5.56 Å². The van der Waals surface area contributed by atoms with Crippen LogP contribution in [0.15, 0.2) is 12.3 Å². The Labute approximate surface area is 99.4 Å². The zero-order chi connectivity index (χ0) is 12.6. The molecule has 0 bridgehead atoms. The molecule has 1 aromatic rings. The second kappa shape index (κ2) is 3.98. The second-order valence-corrected chi connectivity index (χ2v) is 5.16. The molecule has 2 rings (SSSR count). The van der Waals surface area contributed by atoms with Crippen LogP contribution in [-0.2, 0) is 0 Å². The number of nitrogen functional groups attached to an aromatic ring is 1. The third kappa shape index (κ3) is 2.38. The van der Waals surface area contributed by atoms with Crippen LogP contribution in [0.2, 0.25) is 0 Å². The molecule has 92 valence electrons. The fraction of sp³-hybridized carbons (Fsp3) is 0.500. The zero-order valence-electron chi connectivity index (χ0n) is 9.96. The van der Waals surface area contributed by atoms with E-state index >= 15 is 0 Å². The average Bonchev–Trinajstić information content (AvgIpc) is 2.87. The van der Waals surface area contributed by atoms with E-state index < -0.39 is 11.7 Å². The number of carbonyl (C=O) groups excluding carboxylic acids is 1. The van der Waals surface area contributed by atoms with Crippen molar-refractivity contribution in [3.05, 3.63) is 23.6 Å². The number of nitrogens with zero attached hydrogens (tertiary/aromatic N) is 1. The number of hydrogen-bond donors (Lipinski definition) is 2. The van der Waals surface area contributed by atoms with Crippen molar-refractivity contribution in [2.75, 3.05) is 12.3 Å². The topological polar surface area (TPSA) is 68.0 Å². The molecule has 0 radical (unpaired) electrons. The van der Waals surface area contributed by atoms with E-state index in [1.807, 2.05) is 0 Å². The van der Waals surface area contributed by atoms with E-state index in [0.717, 1.165) is 6.42 Å². The number of halogens is 1. The second-order valence-electron chi connectivity index (χ2n) is 5.16. The van der Waals surface area contributed by atoms with E-state index in [4.69, 9.17) is 5.73 Å². The maximum atomic E-state index is 13.5. The molecule has 5 heteroatoms. The van der Waals surface area contributed by atoms with Crippen molar-refractivity contribution in [2.45, 2.75) is 20.3 Å². The van der Waals surface area contributed by atoms with Crippen molar-refractivity contribution in [3.63, 3.8) is 0 Å². The summed E-state index contributed by atoms with van der Waals surface area (Å²) in [4.78, 5) is 15.3. The average molecular weight is 237 g/mol. The fourth-order valence-electron chi connectivity index (χ4n) is 1.87. The summed E-state index contributed by atoms with van der Waals surface area (Å²) in [5, 5.41) is 2.72. The third-order valence-corrected chi connectivity index (χ3v) is 3.39. The minimum Gasteiger partial charge on any atom is -0.381 e. The van der Waals surface area contributed by atoms with Crippen LogP contribution in [-0.4, -0.2) is 17.4 Å². The highest BCUT2D eigenvalue weighted by Crippen LogP contribution is 2.50. The van der Waals surface area contributed by atoms with Crippen LogP contribution in [0.5, 0.6) is 0 Å². The number of nitrogens with two attached hydrogens (primary N) is 1. The standard InChI is InChI=1S/C12H16FN3O/c1-12(2)5-7(12)6-16-11(17)8-3-4-15-10(14)9(8)13/h3-4,7H,5-6H2,1-2H3,(H2,14,15)(H,16,17). The summed E-state index contributed by atoms with van der Waals surface area (Å²) in [7, 11) is 0. The first-order chi connectivity index (χ1) is 7.92. The molecule has 0 saturated heterocycles. The lowest BCUT2D eigenvalue weighted by molar-refractivity contribution is 0.0946. The van der Waals surface area contributed by atoms with Gasteiger partial charge in [0.25, 0.3) is 5.91 Å². The first-order valence-electron chi connectivity index (χ1n) is 5.60. The van der Waals surface area contributed by atoms with E-state index in [2.05, 4.69) is 24.1 Å². The fourth-order valence-corrected chi connectivity index (χ4v) is 1.87. The van der Waals surface area contributed by atoms with Gasteiger partial charge in [0, 0.05) is 12.7 Å². The molecule has 17 heavy (non-hydrogen) atoms. The van der Waals surface area contributed by atoms with Crippen molar-refractivity contribution in [3.8, 4) is 0 Å². The summed E-state index contributed by atoms with van der Waals surface area (Å²) in [5.74, 6) is -0.947. The highest BCUT2D eigenvalue weighted by atomic mass is 19.1. The van der Waals surface area contributed by atoms with E-state index in [9.17, 15) is 9.18 Å². The van der Waals surface area contributed by atoms with Gasteiger partial charge in [0.1, 0.15) is 0 Å². The molecule has 1 fully saturated rings. The Hall–Kier alpha value is -1.65. The Bertz CT molecular complexity index is 459. The van der Waals surface area contributed by atoms with Crippen molar-refractivity contribution in [1.82, 2.24) is 10.3 Å². The normalized spacial score (nSPS) is 21.0. The van der Waals surface area contributed by atoms with Gasteiger partial charge in [0.2, 0.25) is 0 Å². The SMILES string of the molecule is CC1(C)CC1CNC(=O)c1ccnc(N)c1F. The molecule has 1 heterocycles. The van der Waals surface area contributed by atoms with Crippen LogP contribution < -0.4 is 11.1 Å². The van der Waals surface area contributed by atoms with Gasteiger partial charge in [-0.25, -0.2) is 9.37 Å². The van der Waals surface area contributed by atoms with Crippen molar-refractivity contribution in [2.24, 2.45) is 11.3 Å². The molecule has 4 nitrogen and oxygen atoms in total. The first kappa shape index (κ1) is 11.8. The largest absolute Gasteiger partial charge is 0.381 e. The van der Waals surface area contributed by atoms with Gasteiger partial charge in [-0.1, -0.05) is 13.8 Å². The van der Waals surface area contributed by atoms with Crippen LogP contribution in [0.4, 0.5) is 10.2 Å². The molecule has 0 spiro atoms. The number of amides is 1. The highest BCUT2D eigenvalue weighted by Gasteiger charge is 2.45. The number of anilines is 1. The Kier molecular flexibility index (Phi) is 2.77. The zero-order valence-corrected chi connectivity index (χ0v) is 9.96. The van der Waals surface area contributed by atoms with Crippen LogP contribution in [0.1, 0.15) is 30.6 Å². The van der Waals surface area contributed by atoms with Crippen LogP contribution >= 0.6 is 0 Å². The summed E-state index contributed by atoms with van der Waals surface area (Å²) >= 11 is 0. The summed E-state index contributed by atoms with van der Waals surface area (Å²) in [5.41, 5.74) is 5.55. The number of aromatic nitrogens is 1. The first-order valence-corrected chi connectivity index (χ1v) is 5.60. The molecule has 1 amide bonds. The summed E-state index contributed by atoms with van der Waals surface area (Å²) in [6.07, 6.45) is 2.42. The molecule has 1 saturated carbocycles. The molecule has 1 aromatic heterocycles. The minimum absolute atomic E-state index is 0.0454. The molecule has 3 N–H and O–H groups in total. The minimum atomic E-state index is -0.750. The molecule has 1 aliphatic carbocycles. The maximum absolute atomic E-state index is 13.5. The molecule has 1 aliphatic rings. The van der Waals surface area contributed by atoms with Gasteiger partial charge in [0.15, 0.2) is 11.6 Å². The Morgan fingerprint density at radius 3 is 2.94 bits per heavy atom. The van der Waals surface area contributed by atoms with E-state index in [1.54, 1.807) is 0 Å². The predicted molar refractivity (Wildman–Crippen MR) is 62.8 cm³/mol. The lowest BCUT2D eigenvalue weighted by Gasteiger charge is -2.07. The van der Waals surface area contributed by atoms with Gasteiger partial charge in [-0.05, 0) is 23.8 Å². The smallest absolute Gasteiger partial charge is 0.254 e. The van der Waals surface area contributed by atoms with Gasteiger partial charge in [-0.2, -0.15) is 0 Å². The van der Waals surface area contributed by atoms with Gasteiger partial charge >= 0.3 is 0 Å². The highest BCUT2D eigenvalue weighted by molar-refractivity contribution is 5.95. The Balaban J connectivity index is 1.98. The monoisotopic (exact) mass is 237 g/mol. The van der Waals surface area contributed by atoms with Gasteiger partial charge in [-0.3, -0.25) is 4.79 Å². The van der Waals surface area contributed by atoms with Crippen molar-refractivity contribution in [1.29, 1.82) is 0 Å².